The number of nitrogens with one attached hydrogen (secondary N) is 2. The summed E-state index contributed by atoms with van der Waals surface area (Å²) < 4.78 is 25.9. The molecule has 0 heterocycles. The lowest BCUT2D eigenvalue weighted by atomic mass is 10.1. The Balaban J connectivity index is 1.65. The number of benzene rings is 2. The van der Waals surface area contributed by atoms with Crippen molar-refractivity contribution in [3.63, 3.8) is 0 Å². The van der Waals surface area contributed by atoms with Crippen molar-refractivity contribution in [1.82, 2.24) is 0 Å². The maximum Gasteiger partial charge on any atom is 0.232 e. The van der Waals surface area contributed by atoms with Crippen LogP contribution < -0.4 is 10.0 Å². The van der Waals surface area contributed by atoms with Gasteiger partial charge in [0.25, 0.3) is 0 Å². The predicted octanol–water partition coefficient (Wildman–Crippen LogP) is 4.15. The lowest BCUT2D eigenvalue weighted by Crippen LogP contribution is -2.16. The van der Waals surface area contributed by atoms with Crippen LogP contribution in [0.2, 0.25) is 5.02 Å². The molecule has 138 valence electrons. The summed E-state index contributed by atoms with van der Waals surface area (Å²) >= 11 is 6.01. The molecule has 5 nitrogen and oxygen atoms in total. The molecule has 3 rings (SSSR count). The number of halogens is 1. The largest absolute Gasteiger partial charge is 0.326 e. The van der Waals surface area contributed by atoms with Gasteiger partial charge in [-0.3, -0.25) is 9.52 Å². The normalized spacial score (nSPS) is 19.0. The third kappa shape index (κ3) is 4.37. The second kappa shape index (κ2) is 7.29. The number of carbonyl (C=O) groups is 1. The first-order valence-corrected chi connectivity index (χ1v) is 10.5. The number of aryl methyl sites for hydroxylation is 1. The molecule has 0 radical (unpaired) electrons. The number of carbonyl (C=O) groups excluding carboxylic acids is 1. The SMILES string of the molecule is CCS(=O)(=O)Nc1ccc(NC(=O)C2CC2c2cccc(Cl)c2)cc1C. The molecule has 2 aromatic rings. The Labute approximate surface area is 158 Å². The topological polar surface area (TPSA) is 75.3 Å². The van der Waals surface area contributed by atoms with Crippen molar-refractivity contribution in [1.29, 1.82) is 0 Å². The van der Waals surface area contributed by atoms with Crippen LogP contribution in [0, 0.1) is 12.8 Å². The van der Waals surface area contributed by atoms with Gasteiger partial charge in [-0.05, 0) is 67.6 Å². The molecule has 1 amide bonds. The number of hydrogen-bond donors (Lipinski definition) is 2. The Hall–Kier alpha value is -2.05. The van der Waals surface area contributed by atoms with Crippen LogP contribution in [0.25, 0.3) is 0 Å². The number of sulfonamides is 1. The highest BCUT2D eigenvalue weighted by atomic mass is 35.5. The second-order valence-corrected chi connectivity index (χ2v) is 8.98. The fourth-order valence-electron chi connectivity index (χ4n) is 2.92. The quantitative estimate of drug-likeness (QED) is 0.775. The van der Waals surface area contributed by atoms with Gasteiger partial charge < -0.3 is 5.32 Å². The molecule has 2 atom stereocenters. The molecule has 0 spiro atoms. The lowest BCUT2D eigenvalue weighted by Gasteiger charge is -2.12. The van der Waals surface area contributed by atoms with Crippen molar-refractivity contribution in [3.8, 4) is 0 Å². The van der Waals surface area contributed by atoms with Gasteiger partial charge in [-0.1, -0.05) is 23.7 Å². The molecule has 7 heteroatoms. The zero-order valence-corrected chi connectivity index (χ0v) is 16.2. The van der Waals surface area contributed by atoms with Crippen molar-refractivity contribution < 1.29 is 13.2 Å². The fraction of sp³-hybridized carbons (Fsp3) is 0.316. The van der Waals surface area contributed by atoms with Crippen LogP contribution in [-0.2, 0) is 14.8 Å². The Bertz CT molecular complexity index is 944. The monoisotopic (exact) mass is 392 g/mol. The molecule has 1 fully saturated rings. The van der Waals surface area contributed by atoms with Gasteiger partial charge in [-0.15, -0.1) is 0 Å². The van der Waals surface area contributed by atoms with E-state index in [9.17, 15) is 13.2 Å². The Morgan fingerprint density at radius 1 is 1.23 bits per heavy atom. The summed E-state index contributed by atoms with van der Waals surface area (Å²) in [6, 6.07) is 12.7. The Morgan fingerprint density at radius 2 is 2.00 bits per heavy atom. The average molecular weight is 393 g/mol. The summed E-state index contributed by atoms with van der Waals surface area (Å²) in [7, 11) is -3.32. The van der Waals surface area contributed by atoms with Gasteiger partial charge in [-0.25, -0.2) is 8.42 Å². The molecule has 0 aromatic heterocycles. The van der Waals surface area contributed by atoms with Gasteiger partial charge in [0.2, 0.25) is 15.9 Å². The average Bonchev–Trinajstić information content (AvgIpc) is 3.38. The van der Waals surface area contributed by atoms with E-state index in [4.69, 9.17) is 11.6 Å². The van der Waals surface area contributed by atoms with E-state index in [0.717, 1.165) is 17.5 Å². The van der Waals surface area contributed by atoms with E-state index >= 15 is 0 Å². The first kappa shape index (κ1) is 18.7. The van der Waals surface area contributed by atoms with Gasteiger partial charge in [0, 0.05) is 16.6 Å². The van der Waals surface area contributed by atoms with Crippen molar-refractivity contribution >= 4 is 38.9 Å². The maximum absolute atomic E-state index is 12.5. The van der Waals surface area contributed by atoms with E-state index in [1.807, 2.05) is 24.3 Å². The van der Waals surface area contributed by atoms with Crippen LogP contribution in [-0.4, -0.2) is 20.1 Å². The second-order valence-electron chi connectivity index (χ2n) is 6.53. The number of amides is 1. The summed E-state index contributed by atoms with van der Waals surface area (Å²) in [6.07, 6.45) is 0.805. The zero-order valence-electron chi connectivity index (χ0n) is 14.6. The van der Waals surface area contributed by atoms with Crippen LogP contribution in [0.4, 0.5) is 11.4 Å². The van der Waals surface area contributed by atoms with Crippen LogP contribution in [0.15, 0.2) is 42.5 Å². The molecule has 0 aliphatic heterocycles. The number of hydrogen-bond acceptors (Lipinski definition) is 3. The highest BCUT2D eigenvalue weighted by Gasteiger charge is 2.44. The minimum absolute atomic E-state index is 0.0114. The summed E-state index contributed by atoms with van der Waals surface area (Å²) in [4.78, 5) is 12.5. The van der Waals surface area contributed by atoms with Gasteiger partial charge in [0.15, 0.2) is 0 Å². The van der Waals surface area contributed by atoms with Gasteiger partial charge in [-0.2, -0.15) is 0 Å². The summed E-state index contributed by atoms with van der Waals surface area (Å²) in [5, 5.41) is 3.59. The van der Waals surface area contributed by atoms with Crippen LogP contribution >= 0.6 is 11.6 Å². The molecule has 1 aliphatic rings. The molecule has 0 saturated heterocycles. The minimum atomic E-state index is -3.32. The van der Waals surface area contributed by atoms with Gasteiger partial charge in [0.05, 0.1) is 11.4 Å². The predicted molar refractivity (Wildman–Crippen MR) is 105 cm³/mol. The van der Waals surface area contributed by atoms with Crippen molar-refractivity contribution in [2.24, 2.45) is 5.92 Å². The molecule has 2 N–H and O–H groups in total. The Kier molecular flexibility index (Phi) is 5.25. The molecule has 2 unspecified atom stereocenters. The first-order chi connectivity index (χ1) is 12.3. The van der Waals surface area contributed by atoms with Crippen molar-refractivity contribution in [3.05, 3.63) is 58.6 Å². The zero-order chi connectivity index (χ0) is 18.9. The molecule has 2 aromatic carbocycles. The molecule has 1 aliphatic carbocycles. The number of anilines is 2. The molecule has 0 bridgehead atoms. The Morgan fingerprint density at radius 3 is 2.65 bits per heavy atom. The minimum Gasteiger partial charge on any atom is -0.326 e. The summed E-state index contributed by atoms with van der Waals surface area (Å²) in [5.74, 6) is 0.117. The third-order valence-electron chi connectivity index (χ3n) is 4.54. The van der Waals surface area contributed by atoms with E-state index in [-0.39, 0.29) is 23.5 Å². The van der Waals surface area contributed by atoms with E-state index in [1.54, 1.807) is 32.0 Å². The van der Waals surface area contributed by atoms with E-state index in [2.05, 4.69) is 10.0 Å². The maximum atomic E-state index is 12.5. The highest BCUT2D eigenvalue weighted by Crippen LogP contribution is 2.48. The van der Waals surface area contributed by atoms with Crippen molar-refractivity contribution in [2.75, 3.05) is 15.8 Å². The highest BCUT2D eigenvalue weighted by molar-refractivity contribution is 7.92. The molecular formula is C19H21ClN2O3S. The first-order valence-electron chi connectivity index (χ1n) is 8.46. The van der Waals surface area contributed by atoms with Crippen molar-refractivity contribution in [2.45, 2.75) is 26.2 Å². The van der Waals surface area contributed by atoms with E-state index in [0.29, 0.717) is 16.4 Å². The molecule has 26 heavy (non-hydrogen) atoms. The number of rotatable bonds is 6. The fourth-order valence-corrected chi connectivity index (χ4v) is 3.83. The molecule has 1 saturated carbocycles. The molecular weight excluding hydrogens is 372 g/mol. The van der Waals surface area contributed by atoms with E-state index in [1.165, 1.54) is 0 Å². The van der Waals surface area contributed by atoms with Gasteiger partial charge >= 0.3 is 0 Å². The smallest absolute Gasteiger partial charge is 0.232 e. The van der Waals surface area contributed by atoms with Crippen LogP contribution in [0.1, 0.15) is 30.4 Å². The lowest BCUT2D eigenvalue weighted by molar-refractivity contribution is -0.117. The standard InChI is InChI=1S/C19H21ClN2O3S/c1-3-26(24,25)22-18-8-7-15(9-12(18)2)21-19(23)17-11-16(17)13-5-4-6-14(20)10-13/h4-10,16-17,22H,3,11H2,1-2H3,(H,21,23). The van der Waals surface area contributed by atoms with Crippen LogP contribution in [0.3, 0.4) is 0 Å². The van der Waals surface area contributed by atoms with E-state index < -0.39 is 10.0 Å². The third-order valence-corrected chi connectivity index (χ3v) is 6.07. The summed E-state index contributed by atoms with van der Waals surface area (Å²) in [6.45, 7) is 3.38. The van der Waals surface area contributed by atoms with Crippen LogP contribution in [0.5, 0.6) is 0 Å². The summed E-state index contributed by atoms with van der Waals surface area (Å²) in [5.41, 5.74) is 3.01. The van der Waals surface area contributed by atoms with Gasteiger partial charge in [0.1, 0.15) is 0 Å².